The first kappa shape index (κ1) is 9.00. The normalized spacial score (nSPS) is 41.4. The fourth-order valence-corrected chi connectivity index (χ4v) is 2.69. The maximum absolute atomic E-state index is 11.3. The van der Waals surface area contributed by atoms with Gasteiger partial charge in [-0.2, -0.15) is 0 Å². The Bertz CT molecular complexity index is 202. The van der Waals surface area contributed by atoms with Crippen molar-refractivity contribution >= 4 is 5.97 Å². The second-order valence-corrected chi connectivity index (χ2v) is 4.13. The van der Waals surface area contributed by atoms with Crippen LogP contribution in [-0.4, -0.2) is 24.3 Å². The third kappa shape index (κ3) is 1.46. The highest BCUT2D eigenvalue weighted by molar-refractivity contribution is 5.76. The molecule has 2 unspecified atom stereocenters. The van der Waals surface area contributed by atoms with Crippen molar-refractivity contribution in [2.45, 2.75) is 19.8 Å². The molecule has 2 saturated carbocycles. The van der Waals surface area contributed by atoms with Gasteiger partial charge in [0.2, 0.25) is 0 Å². The Kier molecular flexibility index (Phi) is 2.28. The van der Waals surface area contributed by atoms with Gasteiger partial charge >= 0.3 is 5.97 Å². The van der Waals surface area contributed by atoms with E-state index in [0.29, 0.717) is 24.4 Å². The van der Waals surface area contributed by atoms with Gasteiger partial charge in [0.25, 0.3) is 0 Å². The summed E-state index contributed by atoms with van der Waals surface area (Å²) in [4.78, 5) is 11.3. The van der Waals surface area contributed by atoms with Gasteiger partial charge in [-0.3, -0.25) is 4.79 Å². The summed E-state index contributed by atoms with van der Waals surface area (Å²) in [5.74, 6) is 1.64. The first-order valence-electron chi connectivity index (χ1n) is 5.05. The van der Waals surface area contributed by atoms with Crippen LogP contribution < -0.4 is 0 Å². The van der Waals surface area contributed by atoms with Crippen molar-refractivity contribution in [1.82, 2.24) is 0 Å². The maximum atomic E-state index is 11.3. The third-order valence-electron chi connectivity index (χ3n) is 3.36. The van der Waals surface area contributed by atoms with E-state index in [0.717, 1.165) is 12.8 Å². The molecule has 0 aromatic carbocycles. The summed E-state index contributed by atoms with van der Waals surface area (Å²) in [7, 11) is 0. The van der Waals surface area contributed by atoms with E-state index in [-0.39, 0.29) is 18.5 Å². The first-order chi connectivity index (χ1) is 6.27. The van der Waals surface area contributed by atoms with Gasteiger partial charge in [-0.25, -0.2) is 0 Å². The Labute approximate surface area is 78.1 Å². The lowest BCUT2D eigenvalue weighted by Crippen LogP contribution is -2.13. The molecular formula is C10H16O3. The topological polar surface area (TPSA) is 46.5 Å². The number of fused-ring (bicyclic) bond motifs is 1. The molecule has 2 rings (SSSR count). The zero-order valence-corrected chi connectivity index (χ0v) is 7.90. The molecule has 0 bridgehead atoms. The number of ether oxygens (including phenoxy) is 1. The predicted molar refractivity (Wildman–Crippen MR) is 46.9 cm³/mol. The standard InChI is InChI=1S/C10H16O3/c1-2-13-10(12)9-7-3-6(5-11)4-8(7)9/h6-9,11H,2-5H2,1H3. The summed E-state index contributed by atoms with van der Waals surface area (Å²) >= 11 is 0. The van der Waals surface area contributed by atoms with Gasteiger partial charge in [0.1, 0.15) is 0 Å². The Morgan fingerprint density at radius 3 is 2.54 bits per heavy atom. The van der Waals surface area contributed by atoms with E-state index >= 15 is 0 Å². The van der Waals surface area contributed by atoms with Crippen LogP contribution in [0.5, 0.6) is 0 Å². The van der Waals surface area contributed by atoms with E-state index in [1.54, 1.807) is 0 Å². The van der Waals surface area contributed by atoms with Crippen LogP contribution in [0.2, 0.25) is 0 Å². The summed E-state index contributed by atoms with van der Waals surface area (Å²) in [6, 6.07) is 0. The predicted octanol–water partition coefficient (Wildman–Crippen LogP) is 0.814. The molecule has 2 atom stereocenters. The number of aliphatic hydroxyl groups excluding tert-OH is 1. The summed E-state index contributed by atoms with van der Waals surface area (Å²) in [6.45, 7) is 2.60. The van der Waals surface area contributed by atoms with Crippen LogP contribution in [-0.2, 0) is 9.53 Å². The monoisotopic (exact) mass is 184 g/mol. The minimum Gasteiger partial charge on any atom is -0.466 e. The Morgan fingerprint density at radius 1 is 1.46 bits per heavy atom. The van der Waals surface area contributed by atoms with E-state index in [2.05, 4.69) is 0 Å². The molecule has 0 aliphatic heterocycles. The molecule has 0 aromatic heterocycles. The van der Waals surface area contributed by atoms with Crippen LogP contribution in [0.1, 0.15) is 19.8 Å². The van der Waals surface area contributed by atoms with Crippen molar-refractivity contribution in [2.75, 3.05) is 13.2 Å². The molecule has 2 aliphatic carbocycles. The summed E-state index contributed by atoms with van der Waals surface area (Å²) in [5, 5.41) is 8.92. The summed E-state index contributed by atoms with van der Waals surface area (Å²) in [6.07, 6.45) is 2.04. The van der Waals surface area contributed by atoms with Gasteiger partial charge in [-0.05, 0) is 37.5 Å². The van der Waals surface area contributed by atoms with E-state index in [1.807, 2.05) is 6.92 Å². The minimum absolute atomic E-state index is 0.0195. The number of hydrogen-bond acceptors (Lipinski definition) is 3. The van der Waals surface area contributed by atoms with Gasteiger partial charge in [0.05, 0.1) is 12.5 Å². The number of esters is 1. The molecule has 2 aliphatic rings. The number of hydrogen-bond donors (Lipinski definition) is 1. The summed E-state index contributed by atoms with van der Waals surface area (Å²) in [5.41, 5.74) is 0. The van der Waals surface area contributed by atoms with Crippen LogP contribution in [0.15, 0.2) is 0 Å². The quantitative estimate of drug-likeness (QED) is 0.660. The SMILES string of the molecule is CCOC(=O)C1C2CC(CO)CC21. The van der Waals surface area contributed by atoms with Gasteiger partial charge in [-0.1, -0.05) is 0 Å². The van der Waals surface area contributed by atoms with Crippen LogP contribution in [0.25, 0.3) is 0 Å². The zero-order chi connectivity index (χ0) is 9.42. The lowest BCUT2D eigenvalue weighted by Gasteiger charge is -2.09. The molecule has 1 N–H and O–H groups in total. The van der Waals surface area contributed by atoms with Crippen molar-refractivity contribution < 1.29 is 14.6 Å². The van der Waals surface area contributed by atoms with Crippen LogP contribution >= 0.6 is 0 Å². The van der Waals surface area contributed by atoms with Gasteiger partial charge in [0.15, 0.2) is 0 Å². The molecule has 0 heterocycles. The third-order valence-corrected chi connectivity index (χ3v) is 3.36. The molecular weight excluding hydrogens is 168 g/mol. The van der Waals surface area contributed by atoms with Gasteiger partial charge in [-0.15, -0.1) is 0 Å². The number of rotatable bonds is 3. The lowest BCUT2D eigenvalue weighted by atomic mass is 10.0. The van der Waals surface area contributed by atoms with Crippen molar-refractivity contribution in [3.05, 3.63) is 0 Å². The van der Waals surface area contributed by atoms with Crippen molar-refractivity contribution in [3.8, 4) is 0 Å². The lowest BCUT2D eigenvalue weighted by molar-refractivity contribution is -0.145. The largest absolute Gasteiger partial charge is 0.466 e. The average molecular weight is 184 g/mol. The minimum atomic E-state index is -0.0195. The van der Waals surface area contributed by atoms with Crippen LogP contribution in [0.3, 0.4) is 0 Å². The van der Waals surface area contributed by atoms with Crippen molar-refractivity contribution in [1.29, 1.82) is 0 Å². The van der Waals surface area contributed by atoms with E-state index in [1.165, 1.54) is 0 Å². The molecule has 3 heteroatoms. The second-order valence-electron chi connectivity index (χ2n) is 4.13. The van der Waals surface area contributed by atoms with Crippen LogP contribution in [0.4, 0.5) is 0 Å². The highest BCUT2D eigenvalue weighted by Crippen LogP contribution is 2.59. The fraction of sp³-hybridized carbons (Fsp3) is 0.900. The van der Waals surface area contributed by atoms with Crippen molar-refractivity contribution in [3.63, 3.8) is 0 Å². The Hall–Kier alpha value is -0.570. The number of carbonyl (C=O) groups is 1. The Balaban J connectivity index is 1.81. The Morgan fingerprint density at radius 2 is 2.08 bits per heavy atom. The summed E-state index contributed by atoms with van der Waals surface area (Å²) < 4.78 is 4.97. The van der Waals surface area contributed by atoms with Gasteiger partial charge < -0.3 is 9.84 Å². The molecule has 0 aromatic rings. The smallest absolute Gasteiger partial charge is 0.309 e. The highest BCUT2D eigenvalue weighted by atomic mass is 16.5. The molecule has 0 radical (unpaired) electrons. The second kappa shape index (κ2) is 3.29. The molecule has 13 heavy (non-hydrogen) atoms. The zero-order valence-electron chi connectivity index (χ0n) is 7.90. The number of carbonyl (C=O) groups excluding carboxylic acids is 1. The van der Waals surface area contributed by atoms with Crippen molar-refractivity contribution in [2.24, 2.45) is 23.7 Å². The number of aliphatic hydroxyl groups is 1. The maximum Gasteiger partial charge on any atom is 0.309 e. The van der Waals surface area contributed by atoms with E-state index in [4.69, 9.17) is 9.84 Å². The fourth-order valence-electron chi connectivity index (χ4n) is 2.69. The molecule has 74 valence electrons. The first-order valence-corrected chi connectivity index (χ1v) is 5.05. The van der Waals surface area contributed by atoms with E-state index < -0.39 is 0 Å². The molecule has 2 fully saturated rings. The molecule has 0 saturated heterocycles. The highest BCUT2D eigenvalue weighted by Gasteiger charge is 2.60. The average Bonchev–Trinajstić information content (AvgIpc) is 2.63. The van der Waals surface area contributed by atoms with Crippen LogP contribution in [0, 0.1) is 23.7 Å². The molecule has 0 spiro atoms. The van der Waals surface area contributed by atoms with E-state index in [9.17, 15) is 4.79 Å². The molecule has 0 amide bonds. The molecule has 3 nitrogen and oxygen atoms in total. The van der Waals surface area contributed by atoms with Gasteiger partial charge in [0, 0.05) is 6.61 Å².